The molecule has 7 heteroatoms. The van der Waals surface area contributed by atoms with Crippen LogP contribution in [0.5, 0.6) is 0 Å². The van der Waals surface area contributed by atoms with Crippen LogP contribution in [0.15, 0.2) is 18.2 Å². The molecule has 5 nitrogen and oxygen atoms in total. The van der Waals surface area contributed by atoms with Gasteiger partial charge in [0.1, 0.15) is 5.69 Å². The number of carbonyl (C=O) groups excluding carboxylic acids is 1. The summed E-state index contributed by atoms with van der Waals surface area (Å²) < 4.78 is 0. The Morgan fingerprint density at radius 1 is 1.36 bits per heavy atom. The molecule has 0 bridgehead atoms. The minimum atomic E-state index is -0.905. The van der Waals surface area contributed by atoms with Gasteiger partial charge in [-0.3, -0.25) is 9.59 Å². The summed E-state index contributed by atoms with van der Waals surface area (Å²) in [5.74, 6) is -1.18. The number of benzene rings is 1. The van der Waals surface area contributed by atoms with Crippen molar-refractivity contribution in [2.45, 2.75) is 13.3 Å². The summed E-state index contributed by atoms with van der Waals surface area (Å²) in [6.07, 6.45) is 0.428. The van der Waals surface area contributed by atoms with Crippen molar-refractivity contribution in [1.29, 1.82) is 0 Å². The number of nitrogens with zero attached hydrogens (tertiary/aromatic N) is 1. The normalized spacial score (nSPS) is 21.5. The topological polar surface area (TPSA) is 73.4 Å². The molecule has 1 aliphatic heterocycles. The summed E-state index contributed by atoms with van der Waals surface area (Å²) in [6.45, 7) is 2.22. The average Bonchev–Trinajstić information content (AvgIpc) is 3.01. The number of carboxylic acids is 1. The standard InChI is InChI=1S/C15H14Cl2N2O3/c1-15(14(21)22)4-5-19(7-15)13(20)12-11(17)9-6-8(16)2-3-10(9)18-12/h2-3,6,18H,4-5,7H2,1H3,(H,21,22). The molecule has 2 heterocycles. The molecule has 0 saturated carbocycles. The summed E-state index contributed by atoms with van der Waals surface area (Å²) in [5.41, 5.74) is 0.0868. The smallest absolute Gasteiger partial charge is 0.311 e. The fraction of sp³-hybridized carbons (Fsp3) is 0.333. The molecule has 1 aliphatic rings. The maximum absolute atomic E-state index is 12.6. The van der Waals surface area contributed by atoms with Crippen molar-refractivity contribution in [2.75, 3.05) is 13.1 Å². The van der Waals surface area contributed by atoms with E-state index in [4.69, 9.17) is 23.2 Å². The van der Waals surface area contributed by atoms with Crippen LogP contribution in [-0.4, -0.2) is 40.0 Å². The van der Waals surface area contributed by atoms with Crippen molar-refractivity contribution < 1.29 is 14.7 Å². The van der Waals surface area contributed by atoms with Gasteiger partial charge >= 0.3 is 5.97 Å². The molecule has 1 amide bonds. The first-order valence-corrected chi connectivity index (χ1v) is 7.57. The maximum Gasteiger partial charge on any atom is 0.311 e. The van der Waals surface area contributed by atoms with Gasteiger partial charge in [0, 0.05) is 29.0 Å². The molecule has 0 spiro atoms. The first-order chi connectivity index (χ1) is 10.3. The van der Waals surface area contributed by atoms with Gasteiger partial charge in [-0.05, 0) is 31.5 Å². The molecule has 1 atom stereocenters. The Morgan fingerprint density at radius 2 is 2.09 bits per heavy atom. The maximum atomic E-state index is 12.6. The molecule has 3 rings (SSSR count). The van der Waals surface area contributed by atoms with Gasteiger partial charge in [-0.25, -0.2) is 0 Å². The number of halogens is 2. The molecule has 1 aromatic carbocycles. The van der Waals surface area contributed by atoms with E-state index < -0.39 is 11.4 Å². The third-order valence-electron chi connectivity index (χ3n) is 4.19. The zero-order valence-corrected chi connectivity index (χ0v) is 13.3. The molecule has 1 aromatic heterocycles. The Balaban J connectivity index is 1.94. The van der Waals surface area contributed by atoms with Gasteiger partial charge in [0.25, 0.3) is 5.91 Å². The van der Waals surface area contributed by atoms with E-state index in [1.807, 2.05) is 0 Å². The van der Waals surface area contributed by atoms with E-state index in [0.717, 1.165) is 5.52 Å². The molecular formula is C15H14Cl2N2O3. The van der Waals surface area contributed by atoms with Crippen LogP contribution in [0.3, 0.4) is 0 Å². The lowest BCUT2D eigenvalue weighted by Gasteiger charge is -2.19. The van der Waals surface area contributed by atoms with E-state index in [2.05, 4.69) is 4.98 Å². The fourth-order valence-electron chi connectivity index (χ4n) is 2.75. The summed E-state index contributed by atoms with van der Waals surface area (Å²) in [7, 11) is 0. The Kier molecular flexibility index (Phi) is 3.57. The van der Waals surface area contributed by atoms with Gasteiger partial charge in [0.05, 0.1) is 10.4 Å². The first kappa shape index (κ1) is 15.2. The van der Waals surface area contributed by atoms with Crippen LogP contribution in [0.1, 0.15) is 23.8 Å². The number of hydrogen-bond donors (Lipinski definition) is 2. The predicted octanol–water partition coefficient (Wildman–Crippen LogP) is 3.41. The Morgan fingerprint density at radius 3 is 2.73 bits per heavy atom. The molecule has 0 aliphatic carbocycles. The van der Waals surface area contributed by atoms with Gasteiger partial charge in [-0.2, -0.15) is 0 Å². The quantitative estimate of drug-likeness (QED) is 0.879. The zero-order chi connectivity index (χ0) is 16.1. The molecule has 2 aromatic rings. The second kappa shape index (κ2) is 5.18. The van der Waals surface area contributed by atoms with E-state index in [0.29, 0.717) is 28.4 Å². The number of aliphatic carboxylic acids is 1. The number of rotatable bonds is 2. The van der Waals surface area contributed by atoms with Crippen molar-refractivity contribution in [3.63, 3.8) is 0 Å². The lowest BCUT2D eigenvalue weighted by molar-refractivity contribution is -0.147. The van der Waals surface area contributed by atoms with Crippen molar-refractivity contribution in [2.24, 2.45) is 5.41 Å². The van der Waals surface area contributed by atoms with Crippen LogP contribution in [0.2, 0.25) is 10.0 Å². The predicted molar refractivity (Wildman–Crippen MR) is 84.6 cm³/mol. The van der Waals surface area contributed by atoms with Crippen LogP contribution in [0.4, 0.5) is 0 Å². The second-order valence-corrected chi connectivity index (χ2v) is 6.66. The number of likely N-dealkylation sites (tertiary alicyclic amines) is 1. The van der Waals surface area contributed by atoms with E-state index in [-0.39, 0.29) is 18.1 Å². The van der Waals surface area contributed by atoms with Gasteiger partial charge < -0.3 is 15.0 Å². The number of aromatic amines is 1. The summed E-state index contributed by atoms with van der Waals surface area (Å²) >= 11 is 12.2. The number of carboxylic acid groups (broad SMARTS) is 1. The molecule has 0 radical (unpaired) electrons. The molecule has 2 N–H and O–H groups in total. The Labute approximate surface area is 136 Å². The van der Waals surface area contributed by atoms with E-state index in [1.54, 1.807) is 25.1 Å². The van der Waals surface area contributed by atoms with Gasteiger partial charge in [-0.15, -0.1) is 0 Å². The van der Waals surface area contributed by atoms with Crippen LogP contribution >= 0.6 is 23.2 Å². The number of H-pyrrole nitrogens is 1. The zero-order valence-electron chi connectivity index (χ0n) is 11.8. The van der Waals surface area contributed by atoms with Crippen LogP contribution < -0.4 is 0 Å². The number of amides is 1. The summed E-state index contributed by atoms with van der Waals surface area (Å²) in [6, 6.07) is 5.16. The highest BCUT2D eigenvalue weighted by Gasteiger charge is 2.42. The van der Waals surface area contributed by atoms with Crippen LogP contribution in [0.25, 0.3) is 10.9 Å². The molecular weight excluding hydrogens is 327 g/mol. The third-order valence-corrected chi connectivity index (χ3v) is 4.82. The number of aromatic nitrogens is 1. The SMILES string of the molecule is CC1(C(=O)O)CCN(C(=O)c2[nH]c3ccc(Cl)cc3c2Cl)C1. The molecule has 1 unspecified atom stereocenters. The van der Waals surface area contributed by atoms with Crippen molar-refractivity contribution in [3.05, 3.63) is 33.9 Å². The summed E-state index contributed by atoms with van der Waals surface area (Å²) in [5, 5.41) is 10.8. The minimum Gasteiger partial charge on any atom is -0.481 e. The van der Waals surface area contributed by atoms with Crippen LogP contribution in [0, 0.1) is 5.41 Å². The fourth-order valence-corrected chi connectivity index (χ4v) is 3.20. The van der Waals surface area contributed by atoms with Crippen molar-refractivity contribution in [3.8, 4) is 0 Å². The van der Waals surface area contributed by atoms with Crippen LogP contribution in [-0.2, 0) is 4.79 Å². The van der Waals surface area contributed by atoms with Gasteiger partial charge in [0.15, 0.2) is 0 Å². The summed E-state index contributed by atoms with van der Waals surface area (Å²) in [4.78, 5) is 28.4. The van der Waals surface area contributed by atoms with Gasteiger partial charge in [0.2, 0.25) is 0 Å². The van der Waals surface area contributed by atoms with E-state index >= 15 is 0 Å². The third kappa shape index (κ3) is 2.34. The number of hydrogen-bond acceptors (Lipinski definition) is 2. The van der Waals surface area contributed by atoms with E-state index in [9.17, 15) is 14.7 Å². The van der Waals surface area contributed by atoms with E-state index in [1.165, 1.54) is 4.90 Å². The number of fused-ring (bicyclic) bond motifs is 1. The highest BCUT2D eigenvalue weighted by molar-refractivity contribution is 6.39. The monoisotopic (exact) mass is 340 g/mol. The van der Waals surface area contributed by atoms with Crippen molar-refractivity contribution >= 4 is 46.0 Å². The average molecular weight is 341 g/mol. The second-order valence-electron chi connectivity index (χ2n) is 5.85. The number of carbonyl (C=O) groups is 2. The molecule has 1 fully saturated rings. The lowest BCUT2D eigenvalue weighted by atomic mass is 9.90. The first-order valence-electron chi connectivity index (χ1n) is 6.81. The highest BCUT2D eigenvalue weighted by atomic mass is 35.5. The Hall–Kier alpha value is -1.72. The molecule has 1 saturated heterocycles. The largest absolute Gasteiger partial charge is 0.481 e. The number of nitrogens with one attached hydrogen (secondary N) is 1. The minimum absolute atomic E-state index is 0.174. The molecule has 22 heavy (non-hydrogen) atoms. The highest BCUT2D eigenvalue weighted by Crippen LogP contribution is 2.34. The van der Waals surface area contributed by atoms with Gasteiger partial charge in [-0.1, -0.05) is 23.2 Å². The lowest BCUT2D eigenvalue weighted by Crippen LogP contribution is -2.35. The van der Waals surface area contributed by atoms with Crippen molar-refractivity contribution in [1.82, 2.24) is 9.88 Å². The molecule has 116 valence electrons. The Bertz CT molecular complexity index is 786.